The van der Waals surface area contributed by atoms with Crippen molar-refractivity contribution in [1.82, 2.24) is 4.90 Å². The Kier molecular flexibility index (Phi) is 4.79. The molecule has 0 amide bonds. The molecule has 4 heteroatoms. The van der Waals surface area contributed by atoms with Crippen molar-refractivity contribution in [1.29, 1.82) is 0 Å². The Morgan fingerprint density at radius 2 is 2.06 bits per heavy atom. The quantitative estimate of drug-likeness (QED) is 0.790. The van der Waals surface area contributed by atoms with E-state index >= 15 is 0 Å². The van der Waals surface area contributed by atoms with Crippen molar-refractivity contribution in [3.8, 4) is 0 Å². The Morgan fingerprint density at radius 3 is 2.76 bits per heavy atom. The van der Waals surface area contributed by atoms with E-state index in [4.69, 9.17) is 15.2 Å². The Hall–Kier alpha value is -0.160. The fraction of sp³-hybridized carbons (Fsp3) is 1.00. The molecule has 0 radical (unpaired) electrons. The average Bonchev–Trinajstić information content (AvgIpc) is 2.71. The minimum absolute atomic E-state index is 0.200. The van der Waals surface area contributed by atoms with Gasteiger partial charge in [0.2, 0.25) is 0 Å². The van der Waals surface area contributed by atoms with Gasteiger partial charge in [0.25, 0.3) is 0 Å². The van der Waals surface area contributed by atoms with Gasteiger partial charge in [-0.3, -0.25) is 0 Å². The zero-order valence-corrected chi connectivity index (χ0v) is 11.0. The Morgan fingerprint density at radius 1 is 1.29 bits per heavy atom. The number of rotatable bonds is 5. The molecule has 17 heavy (non-hydrogen) atoms. The second-order valence-electron chi connectivity index (χ2n) is 5.41. The van der Waals surface area contributed by atoms with Crippen molar-refractivity contribution < 1.29 is 9.47 Å². The SMILES string of the molecule is CC1(CCN2CCCCC2)OCC(CCN)O1. The number of hydrogen-bond acceptors (Lipinski definition) is 4. The number of hydrogen-bond donors (Lipinski definition) is 1. The summed E-state index contributed by atoms with van der Waals surface area (Å²) < 4.78 is 11.7. The fourth-order valence-corrected chi connectivity index (χ4v) is 2.69. The first kappa shape index (κ1) is 13.3. The van der Waals surface area contributed by atoms with E-state index < -0.39 is 0 Å². The first-order chi connectivity index (χ1) is 8.22. The van der Waals surface area contributed by atoms with Crippen molar-refractivity contribution in [2.45, 2.75) is 50.9 Å². The lowest BCUT2D eigenvalue weighted by Gasteiger charge is -2.30. The molecule has 2 heterocycles. The summed E-state index contributed by atoms with van der Waals surface area (Å²) in [5, 5.41) is 0. The van der Waals surface area contributed by atoms with Crippen molar-refractivity contribution in [3.63, 3.8) is 0 Å². The number of nitrogens with two attached hydrogens (primary N) is 1. The van der Waals surface area contributed by atoms with E-state index in [0.717, 1.165) is 19.4 Å². The van der Waals surface area contributed by atoms with Crippen LogP contribution in [0.1, 0.15) is 39.0 Å². The lowest BCUT2D eigenvalue weighted by molar-refractivity contribution is -0.161. The highest BCUT2D eigenvalue weighted by molar-refractivity contribution is 4.77. The van der Waals surface area contributed by atoms with Crippen molar-refractivity contribution >= 4 is 0 Å². The summed E-state index contributed by atoms with van der Waals surface area (Å²) in [6, 6.07) is 0. The highest BCUT2D eigenvalue weighted by Crippen LogP contribution is 2.28. The second kappa shape index (κ2) is 6.14. The van der Waals surface area contributed by atoms with Crippen LogP contribution < -0.4 is 5.73 Å². The van der Waals surface area contributed by atoms with Gasteiger partial charge < -0.3 is 20.1 Å². The smallest absolute Gasteiger partial charge is 0.167 e. The number of piperidine rings is 1. The van der Waals surface area contributed by atoms with E-state index in [0.29, 0.717) is 13.2 Å². The van der Waals surface area contributed by atoms with Gasteiger partial charge in [-0.1, -0.05) is 6.42 Å². The van der Waals surface area contributed by atoms with Gasteiger partial charge in [0, 0.05) is 13.0 Å². The zero-order valence-electron chi connectivity index (χ0n) is 11.0. The van der Waals surface area contributed by atoms with Gasteiger partial charge in [-0.05, 0) is 45.8 Å². The predicted octanol–water partition coefficient (Wildman–Crippen LogP) is 1.34. The lowest BCUT2D eigenvalue weighted by Crippen LogP contribution is -2.36. The zero-order chi connectivity index (χ0) is 12.1. The summed E-state index contributed by atoms with van der Waals surface area (Å²) in [6.07, 6.45) is 6.14. The molecule has 2 fully saturated rings. The standard InChI is InChI=1S/C13H26N2O2/c1-13(16-11-12(17-13)5-7-14)6-10-15-8-3-2-4-9-15/h12H,2-11,14H2,1H3. The minimum Gasteiger partial charge on any atom is -0.347 e. The molecule has 2 rings (SSSR count). The Labute approximate surface area is 104 Å². The molecule has 2 aliphatic heterocycles. The van der Waals surface area contributed by atoms with E-state index in [1.54, 1.807) is 0 Å². The predicted molar refractivity (Wildman–Crippen MR) is 67.8 cm³/mol. The third-order valence-electron chi connectivity index (χ3n) is 3.81. The highest BCUT2D eigenvalue weighted by Gasteiger charge is 2.36. The summed E-state index contributed by atoms with van der Waals surface area (Å²) in [4.78, 5) is 2.53. The summed E-state index contributed by atoms with van der Waals surface area (Å²) in [6.45, 7) is 7.01. The van der Waals surface area contributed by atoms with Crippen LogP contribution in [0.15, 0.2) is 0 Å². The maximum absolute atomic E-state index is 5.95. The van der Waals surface area contributed by atoms with Crippen LogP contribution in [0.2, 0.25) is 0 Å². The van der Waals surface area contributed by atoms with Crippen LogP contribution in [-0.4, -0.2) is 49.6 Å². The Bertz CT molecular complexity index is 231. The summed E-state index contributed by atoms with van der Waals surface area (Å²) in [5.41, 5.74) is 5.54. The molecule has 0 aromatic rings. The van der Waals surface area contributed by atoms with Crippen molar-refractivity contribution in [3.05, 3.63) is 0 Å². The van der Waals surface area contributed by atoms with E-state index in [1.807, 2.05) is 0 Å². The van der Waals surface area contributed by atoms with Gasteiger partial charge >= 0.3 is 0 Å². The van der Waals surface area contributed by atoms with Crippen LogP contribution in [0.25, 0.3) is 0 Å². The average molecular weight is 242 g/mol. The van der Waals surface area contributed by atoms with E-state index in [2.05, 4.69) is 11.8 Å². The van der Waals surface area contributed by atoms with Gasteiger partial charge in [0.05, 0.1) is 12.7 Å². The molecule has 0 spiro atoms. The molecule has 2 saturated heterocycles. The third-order valence-corrected chi connectivity index (χ3v) is 3.81. The molecular weight excluding hydrogens is 216 g/mol. The van der Waals surface area contributed by atoms with Gasteiger partial charge in [-0.25, -0.2) is 0 Å². The molecule has 2 N–H and O–H groups in total. The molecule has 2 aliphatic rings. The summed E-state index contributed by atoms with van der Waals surface area (Å²) in [5.74, 6) is -0.378. The van der Waals surface area contributed by atoms with Gasteiger partial charge in [-0.15, -0.1) is 0 Å². The van der Waals surface area contributed by atoms with Gasteiger partial charge in [-0.2, -0.15) is 0 Å². The van der Waals surface area contributed by atoms with Crippen LogP contribution in [-0.2, 0) is 9.47 Å². The molecule has 0 aromatic carbocycles. The van der Waals surface area contributed by atoms with Crippen LogP contribution >= 0.6 is 0 Å². The maximum Gasteiger partial charge on any atom is 0.167 e. The third kappa shape index (κ3) is 3.91. The second-order valence-corrected chi connectivity index (χ2v) is 5.41. The van der Waals surface area contributed by atoms with Crippen LogP contribution in [0.3, 0.4) is 0 Å². The minimum atomic E-state index is -0.378. The molecule has 4 nitrogen and oxygen atoms in total. The molecule has 0 aliphatic carbocycles. The van der Waals surface area contributed by atoms with Crippen LogP contribution in [0.4, 0.5) is 0 Å². The van der Waals surface area contributed by atoms with Crippen molar-refractivity contribution in [2.75, 3.05) is 32.8 Å². The number of ether oxygens (including phenoxy) is 2. The van der Waals surface area contributed by atoms with E-state index in [1.165, 1.54) is 32.4 Å². The molecule has 2 atom stereocenters. The van der Waals surface area contributed by atoms with E-state index in [9.17, 15) is 0 Å². The molecule has 0 aromatic heterocycles. The number of likely N-dealkylation sites (tertiary alicyclic amines) is 1. The maximum atomic E-state index is 5.95. The van der Waals surface area contributed by atoms with E-state index in [-0.39, 0.29) is 11.9 Å². The van der Waals surface area contributed by atoms with Crippen LogP contribution in [0.5, 0.6) is 0 Å². The summed E-state index contributed by atoms with van der Waals surface area (Å²) >= 11 is 0. The Balaban J connectivity index is 1.70. The topological polar surface area (TPSA) is 47.7 Å². The molecule has 0 saturated carbocycles. The first-order valence-corrected chi connectivity index (χ1v) is 6.96. The van der Waals surface area contributed by atoms with Crippen LogP contribution in [0, 0.1) is 0 Å². The fourth-order valence-electron chi connectivity index (χ4n) is 2.69. The van der Waals surface area contributed by atoms with Gasteiger partial charge in [0.15, 0.2) is 5.79 Å². The largest absolute Gasteiger partial charge is 0.347 e. The van der Waals surface area contributed by atoms with Gasteiger partial charge in [0.1, 0.15) is 0 Å². The molecule has 2 unspecified atom stereocenters. The summed E-state index contributed by atoms with van der Waals surface area (Å²) in [7, 11) is 0. The molecular formula is C13H26N2O2. The molecule has 100 valence electrons. The lowest BCUT2D eigenvalue weighted by atomic mass is 10.1. The first-order valence-electron chi connectivity index (χ1n) is 6.96. The number of nitrogens with zero attached hydrogens (tertiary/aromatic N) is 1. The molecule has 0 bridgehead atoms. The normalized spacial score (nSPS) is 35.3. The highest BCUT2D eigenvalue weighted by atomic mass is 16.7. The monoisotopic (exact) mass is 242 g/mol. The van der Waals surface area contributed by atoms with Crippen molar-refractivity contribution in [2.24, 2.45) is 5.73 Å².